The summed E-state index contributed by atoms with van der Waals surface area (Å²) in [6.45, 7) is 7.12. The Morgan fingerprint density at radius 2 is 2.00 bits per heavy atom. The van der Waals surface area contributed by atoms with Crippen molar-refractivity contribution in [1.82, 2.24) is 14.9 Å². The van der Waals surface area contributed by atoms with Crippen LogP contribution in [0.25, 0.3) is 0 Å². The molecule has 34 heavy (non-hydrogen) atoms. The van der Waals surface area contributed by atoms with E-state index in [1.54, 1.807) is 11.3 Å². The molecule has 9 heteroatoms. The summed E-state index contributed by atoms with van der Waals surface area (Å²) in [5.41, 5.74) is 2.86. The minimum Gasteiger partial charge on any atom is -0.381 e. The van der Waals surface area contributed by atoms with Crippen molar-refractivity contribution in [2.75, 3.05) is 36.2 Å². The second kappa shape index (κ2) is 10.0. The number of aromatic nitrogens is 2. The van der Waals surface area contributed by atoms with E-state index in [1.807, 2.05) is 6.26 Å². The number of ether oxygens (including phenoxy) is 1. The van der Waals surface area contributed by atoms with Gasteiger partial charge in [-0.25, -0.2) is 0 Å². The van der Waals surface area contributed by atoms with E-state index in [0.717, 1.165) is 66.8 Å². The maximum absolute atomic E-state index is 12.9. The number of benzene rings is 1. The second-order valence-corrected chi connectivity index (χ2v) is 11.8. The SMILES string of the molecule is CSNC(=O)C1(c2ccc(N(CC(C)C)C3CCOCC3)c(Nc3nnc(C4CC4)s3)c2)CC1. The number of rotatable bonds is 10. The summed E-state index contributed by atoms with van der Waals surface area (Å²) < 4.78 is 8.63. The van der Waals surface area contributed by atoms with E-state index in [1.165, 1.54) is 30.5 Å². The van der Waals surface area contributed by atoms with Gasteiger partial charge in [0.2, 0.25) is 11.0 Å². The summed E-state index contributed by atoms with van der Waals surface area (Å²) in [7, 11) is 0. The van der Waals surface area contributed by atoms with Gasteiger partial charge in [-0.3, -0.25) is 9.52 Å². The summed E-state index contributed by atoms with van der Waals surface area (Å²) in [6.07, 6.45) is 8.16. The lowest BCUT2D eigenvalue weighted by Gasteiger charge is -2.38. The first-order valence-corrected chi connectivity index (χ1v) is 14.5. The van der Waals surface area contributed by atoms with Crippen molar-refractivity contribution in [1.29, 1.82) is 0 Å². The fourth-order valence-corrected chi connectivity index (χ4v) is 6.18. The van der Waals surface area contributed by atoms with Gasteiger partial charge in [-0.05, 0) is 62.1 Å². The minimum atomic E-state index is -0.417. The normalized spacial score (nSPS) is 19.8. The quantitative estimate of drug-likeness (QED) is 0.432. The first-order valence-electron chi connectivity index (χ1n) is 12.4. The van der Waals surface area contributed by atoms with E-state index in [4.69, 9.17) is 4.74 Å². The maximum Gasteiger partial charge on any atom is 0.240 e. The van der Waals surface area contributed by atoms with Gasteiger partial charge in [-0.1, -0.05) is 43.2 Å². The third-order valence-corrected chi connectivity index (χ3v) is 8.43. The summed E-state index contributed by atoms with van der Waals surface area (Å²) in [4.78, 5) is 15.4. The average molecular weight is 502 g/mol. The van der Waals surface area contributed by atoms with Crippen molar-refractivity contribution in [2.45, 2.75) is 69.7 Å². The van der Waals surface area contributed by atoms with Gasteiger partial charge in [0.25, 0.3) is 0 Å². The molecule has 3 aliphatic rings. The van der Waals surface area contributed by atoms with Gasteiger partial charge >= 0.3 is 0 Å². The molecule has 5 rings (SSSR count). The molecule has 3 fully saturated rings. The molecule has 2 aliphatic carbocycles. The number of hydrogen-bond donors (Lipinski definition) is 2. The van der Waals surface area contributed by atoms with E-state index in [9.17, 15) is 4.79 Å². The highest BCUT2D eigenvalue weighted by molar-refractivity contribution is 7.97. The largest absolute Gasteiger partial charge is 0.381 e. The molecule has 184 valence electrons. The Balaban J connectivity index is 1.51. The lowest BCUT2D eigenvalue weighted by molar-refractivity contribution is -0.121. The number of amides is 1. The molecule has 0 unspecified atom stereocenters. The standard InChI is InChI=1S/C25H35N5O2S2/c1-16(2)15-30(19-8-12-32-13-9-19)21-7-6-18(25(10-11-25)23(31)29-33-3)14-20(21)26-24-28-27-22(34-24)17-4-5-17/h6-7,14,16-17,19H,4-5,8-13,15H2,1-3H3,(H,26,28)(H,29,31). The molecule has 0 spiro atoms. The van der Waals surface area contributed by atoms with E-state index >= 15 is 0 Å². The van der Waals surface area contributed by atoms with Crippen LogP contribution in [0.1, 0.15) is 68.9 Å². The lowest BCUT2D eigenvalue weighted by atomic mass is 9.93. The van der Waals surface area contributed by atoms with E-state index < -0.39 is 5.41 Å². The molecule has 7 nitrogen and oxygen atoms in total. The van der Waals surface area contributed by atoms with Gasteiger partial charge in [0.05, 0.1) is 16.8 Å². The molecule has 2 heterocycles. The molecule has 1 saturated heterocycles. The molecule has 2 N–H and O–H groups in total. The number of anilines is 3. The van der Waals surface area contributed by atoms with Crippen LogP contribution in [0.4, 0.5) is 16.5 Å². The Bertz CT molecular complexity index is 1010. The lowest BCUT2D eigenvalue weighted by Crippen LogP contribution is -2.42. The van der Waals surface area contributed by atoms with Gasteiger partial charge < -0.3 is 15.0 Å². The number of nitrogens with one attached hydrogen (secondary N) is 2. The van der Waals surface area contributed by atoms with Gasteiger partial charge in [-0.15, -0.1) is 10.2 Å². The van der Waals surface area contributed by atoms with Gasteiger partial charge in [0, 0.05) is 38.0 Å². The summed E-state index contributed by atoms with van der Waals surface area (Å²) in [6, 6.07) is 7.00. The van der Waals surface area contributed by atoms with Crippen molar-refractivity contribution in [3.05, 3.63) is 28.8 Å². The van der Waals surface area contributed by atoms with Crippen LogP contribution in [0.2, 0.25) is 0 Å². The van der Waals surface area contributed by atoms with Gasteiger partial charge in [0.15, 0.2) is 0 Å². The van der Waals surface area contributed by atoms with Gasteiger partial charge in [-0.2, -0.15) is 0 Å². The Hall–Kier alpha value is -1.84. The molecule has 2 aromatic rings. The monoisotopic (exact) mass is 501 g/mol. The Kier molecular flexibility index (Phi) is 7.04. The van der Waals surface area contributed by atoms with Crippen molar-refractivity contribution in [3.8, 4) is 0 Å². The third-order valence-electron chi connectivity index (χ3n) is 7.04. The number of carbonyl (C=O) groups is 1. The Labute approximate surface area is 210 Å². The zero-order valence-corrected chi connectivity index (χ0v) is 21.9. The zero-order valence-electron chi connectivity index (χ0n) is 20.3. The van der Waals surface area contributed by atoms with Crippen LogP contribution in [0.5, 0.6) is 0 Å². The summed E-state index contributed by atoms with van der Waals surface area (Å²) in [5.74, 6) is 1.22. The summed E-state index contributed by atoms with van der Waals surface area (Å²) in [5, 5.41) is 14.5. The number of nitrogens with zero attached hydrogens (tertiary/aromatic N) is 3. The highest BCUT2D eigenvalue weighted by atomic mass is 32.2. The van der Waals surface area contributed by atoms with Crippen molar-refractivity contribution in [2.24, 2.45) is 5.92 Å². The van der Waals surface area contributed by atoms with E-state index in [-0.39, 0.29) is 5.91 Å². The Morgan fingerprint density at radius 1 is 1.24 bits per heavy atom. The predicted molar refractivity (Wildman–Crippen MR) is 140 cm³/mol. The highest BCUT2D eigenvalue weighted by Gasteiger charge is 2.51. The van der Waals surface area contributed by atoms with Crippen LogP contribution in [-0.2, 0) is 14.9 Å². The highest BCUT2D eigenvalue weighted by Crippen LogP contribution is 2.51. The predicted octanol–water partition coefficient (Wildman–Crippen LogP) is 5.23. The molecule has 0 atom stereocenters. The molecule has 1 amide bonds. The van der Waals surface area contributed by atoms with Crippen molar-refractivity contribution >= 4 is 45.7 Å². The van der Waals surface area contributed by atoms with Crippen LogP contribution in [0, 0.1) is 5.92 Å². The number of hydrogen-bond acceptors (Lipinski definition) is 8. The van der Waals surface area contributed by atoms with Crippen molar-refractivity contribution < 1.29 is 9.53 Å². The first-order chi connectivity index (χ1) is 16.5. The average Bonchev–Trinajstić information content (AvgIpc) is 3.77. The first kappa shape index (κ1) is 23.9. The number of carbonyl (C=O) groups excluding carboxylic acids is 1. The molecule has 0 bridgehead atoms. The molecular formula is C25H35N5O2S2. The smallest absolute Gasteiger partial charge is 0.240 e. The molecule has 2 saturated carbocycles. The summed E-state index contributed by atoms with van der Waals surface area (Å²) >= 11 is 3.03. The third kappa shape index (κ3) is 5.06. The van der Waals surface area contributed by atoms with Crippen LogP contribution in [0.15, 0.2) is 18.2 Å². The van der Waals surface area contributed by atoms with Crippen LogP contribution < -0.4 is 14.9 Å². The molecule has 1 aromatic heterocycles. The Morgan fingerprint density at radius 3 is 2.65 bits per heavy atom. The fourth-order valence-electron chi connectivity index (χ4n) is 4.88. The fraction of sp³-hybridized carbons (Fsp3) is 0.640. The van der Waals surface area contributed by atoms with Gasteiger partial charge in [0.1, 0.15) is 5.01 Å². The van der Waals surface area contributed by atoms with E-state index in [0.29, 0.717) is 17.9 Å². The molecule has 0 radical (unpaired) electrons. The van der Waals surface area contributed by atoms with Crippen molar-refractivity contribution in [3.63, 3.8) is 0 Å². The molecular weight excluding hydrogens is 466 g/mol. The molecule has 1 aromatic carbocycles. The van der Waals surface area contributed by atoms with Crippen LogP contribution in [-0.4, -0.2) is 48.2 Å². The second-order valence-electron chi connectivity index (χ2n) is 10.2. The topological polar surface area (TPSA) is 79.4 Å². The van der Waals surface area contributed by atoms with E-state index in [2.05, 4.69) is 57.2 Å². The minimum absolute atomic E-state index is 0.106. The van der Waals surface area contributed by atoms with Crippen LogP contribution in [0.3, 0.4) is 0 Å². The molecule has 1 aliphatic heterocycles. The zero-order chi connectivity index (χ0) is 23.7. The van der Waals surface area contributed by atoms with Crippen LogP contribution >= 0.6 is 23.3 Å². The maximum atomic E-state index is 12.9.